The van der Waals surface area contributed by atoms with E-state index in [2.05, 4.69) is 12.2 Å². The number of ether oxygens (including phenoxy) is 1. The number of nitrogens with zero attached hydrogens (tertiary/aromatic N) is 1. The van der Waals surface area contributed by atoms with Gasteiger partial charge in [0, 0.05) is 5.56 Å². The van der Waals surface area contributed by atoms with E-state index in [1.165, 1.54) is 4.90 Å². The second-order valence-electron chi connectivity index (χ2n) is 8.06. The molecule has 3 aliphatic rings. The Morgan fingerprint density at radius 2 is 1.59 bits per heavy atom. The standard InChI is InChI=1S/C24H21NO4/c1-14-6-8-15(9-7-14)19(26)13-29-20-5-3-2-4-18(20)25-23(27)21-16-10-11-17(12-16)22(21)24(25)28/h2-11,16-17,21-22H,12-13H2,1H3/t16-,17+,21-,22+. The number of amides is 2. The van der Waals surface area contributed by atoms with E-state index < -0.39 is 0 Å². The molecule has 0 N–H and O–H groups in total. The van der Waals surface area contributed by atoms with Gasteiger partial charge in [-0.05, 0) is 37.3 Å². The van der Waals surface area contributed by atoms with Gasteiger partial charge in [-0.2, -0.15) is 0 Å². The van der Waals surface area contributed by atoms with E-state index in [9.17, 15) is 14.4 Å². The van der Waals surface area contributed by atoms with E-state index in [0.29, 0.717) is 17.0 Å². The molecule has 5 rings (SSSR count). The number of Topliss-reactive ketones (excluding diaryl/α,β-unsaturated/α-hetero) is 1. The molecule has 2 fully saturated rings. The number of hydrogen-bond donors (Lipinski definition) is 0. The van der Waals surface area contributed by atoms with Crippen LogP contribution in [-0.4, -0.2) is 24.2 Å². The molecule has 2 amide bonds. The van der Waals surface area contributed by atoms with Crippen LogP contribution in [-0.2, 0) is 9.59 Å². The molecule has 2 aliphatic carbocycles. The highest BCUT2D eigenvalue weighted by Crippen LogP contribution is 2.53. The molecule has 0 unspecified atom stereocenters. The van der Waals surface area contributed by atoms with E-state index in [0.717, 1.165) is 12.0 Å². The molecule has 1 saturated carbocycles. The summed E-state index contributed by atoms with van der Waals surface area (Å²) in [5, 5.41) is 0. The van der Waals surface area contributed by atoms with Crippen molar-refractivity contribution in [3.63, 3.8) is 0 Å². The number of aryl methyl sites for hydroxylation is 1. The maximum absolute atomic E-state index is 13.1. The Balaban J connectivity index is 1.38. The van der Waals surface area contributed by atoms with Gasteiger partial charge in [-0.25, -0.2) is 4.90 Å². The van der Waals surface area contributed by atoms with Gasteiger partial charge < -0.3 is 4.74 Å². The van der Waals surface area contributed by atoms with Crippen molar-refractivity contribution in [1.82, 2.24) is 0 Å². The van der Waals surface area contributed by atoms with Gasteiger partial charge >= 0.3 is 0 Å². The SMILES string of the molecule is Cc1ccc(C(=O)COc2ccccc2N2C(=O)[C@@H]3[C@H](C2=O)[C@@H]2C=C[C@H]3C2)cc1. The molecule has 0 radical (unpaired) electrons. The van der Waals surface area contributed by atoms with Crippen LogP contribution in [0.3, 0.4) is 0 Å². The topological polar surface area (TPSA) is 63.7 Å². The zero-order valence-corrected chi connectivity index (χ0v) is 16.1. The van der Waals surface area contributed by atoms with Crippen LogP contribution in [0, 0.1) is 30.6 Å². The summed E-state index contributed by atoms with van der Waals surface area (Å²) in [6.07, 6.45) is 5.04. The van der Waals surface area contributed by atoms with E-state index in [1.54, 1.807) is 36.4 Å². The first-order valence-electron chi connectivity index (χ1n) is 9.92. The van der Waals surface area contributed by atoms with Gasteiger partial charge in [0.25, 0.3) is 0 Å². The van der Waals surface area contributed by atoms with E-state index >= 15 is 0 Å². The molecule has 1 aliphatic heterocycles. The molecule has 2 aromatic carbocycles. The predicted molar refractivity (Wildman–Crippen MR) is 108 cm³/mol. The molecule has 2 bridgehead atoms. The van der Waals surface area contributed by atoms with Gasteiger partial charge in [0.05, 0.1) is 17.5 Å². The number of fused-ring (bicyclic) bond motifs is 5. The van der Waals surface area contributed by atoms with Crippen LogP contribution in [0.15, 0.2) is 60.7 Å². The van der Waals surface area contributed by atoms with Crippen LogP contribution < -0.4 is 9.64 Å². The molecule has 4 atom stereocenters. The summed E-state index contributed by atoms with van der Waals surface area (Å²) in [6, 6.07) is 14.2. The van der Waals surface area contributed by atoms with Crippen molar-refractivity contribution in [2.24, 2.45) is 23.7 Å². The third-order valence-corrected chi connectivity index (χ3v) is 6.31. The van der Waals surface area contributed by atoms with Crippen molar-refractivity contribution < 1.29 is 19.1 Å². The lowest BCUT2D eigenvalue weighted by Gasteiger charge is -2.20. The number of imide groups is 1. The van der Waals surface area contributed by atoms with Crippen LogP contribution in [0.4, 0.5) is 5.69 Å². The Kier molecular flexibility index (Phi) is 4.12. The Morgan fingerprint density at radius 1 is 0.966 bits per heavy atom. The number of anilines is 1. The van der Waals surface area contributed by atoms with Crippen molar-refractivity contribution in [2.45, 2.75) is 13.3 Å². The normalized spacial score (nSPS) is 26.9. The molecule has 5 heteroatoms. The predicted octanol–water partition coefficient (Wildman–Crippen LogP) is 3.57. The van der Waals surface area contributed by atoms with Crippen LogP contribution in [0.2, 0.25) is 0 Å². The van der Waals surface area contributed by atoms with Gasteiger partial charge in [0.15, 0.2) is 12.4 Å². The highest BCUT2D eigenvalue weighted by Gasteiger charge is 2.59. The largest absolute Gasteiger partial charge is 0.483 e. The number of benzene rings is 2. The van der Waals surface area contributed by atoms with Gasteiger partial charge in [0.2, 0.25) is 11.8 Å². The average Bonchev–Trinajstić information content (AvgIpc) is 3.41. The Hall–Kier alpha value is -3.21. The maximum atomic E-state index is 13.1. The molecular formula is C24H21NO4. The fourth-order valence-electron chi connectivity index (χ4n) is 4.87. The van der Waals surface area contributed by atoms with Gasteiger partial charge in [-0.15, -0.1) is 0 Å². The zero-order valence-electron chi connectivity index (χ0n) is 16.1. The minimum atomic E-state index is -0.264. The second kappa shape index (κ2) is 6.69. The Morgan fingerprint density at radius 3 is 2.24 bits per heavy atom. The summed E-state index contributed by atoms with van der Waals surface area (Å²) in [5.41, 5.74) is 2.07. The summed E-state index contributed by atoms with van der Waals surface area (Å²) in [4.78, 5) is 39.9. The lowest BCUT2D eigenvalue weighted by molar-refractivity contribution is -0.123. The molecule has 1 saturated heterocycles. The van der Waals surface area contributed by atoms with Crippen LogP contribution in [0.25, 0.3) is 0 Å². The van der Waals surface area contributed by atoms with Crippen molar-refractivity contribution in [3.8, 4) is 5.75 Å². The highest BCUT2D eigenvalue weighted by molar-refractivity contribution is 6.23. The number of carbonyl (C=O) groups is 3. The Bertz CT molecular complexity index is 1010. The molecule has 0 spiro atoms. The van der Waals surface area contributed by atoms with E-state index in [4.69, 9.17) is 4.74 Å². The monoisotopic (exact) mass is 387 g/mol. The second-order valence-corrected chi connectivity index (χ2v) is 8.06. The quantitative estimate of drug-likeness (QED) is 0.447. The number of hydrogen-bond acceptors (Lipinski definition) is 4. The van der Waals surface area contributed by atoms with Crippen LogP contribution in [0.1, 0.15) is 22.3 Å². The number of rotatable bonds is 5. The van der Waals surface area contributed by atoms with Gasteiger partial charge in [0.1, 0.15) is 5.75 Å². The minimum Gasteiger partial charge on any atom is -0.483 e. The summed E-state index contributed by atoms with van der Waals surface area (Å²) >= 11 is 0. The van der Waals surface area contributed by atoms with E-state index in [1.807, 2.05) is 19.1 Å². The molecule has 1 heterocycles. The number of ketones is 1. The molecule has 0 aromatic heterocycles. The third-order valence-electron chi connectivity index (χ3n) is 6.31. The van der Waals surface area contributed by atoms with Crippen molar-refractivity contribution in [3.05, 3.63) is 71.8 Å². The number of carbonyl (C=O) groups excluding carboxylic acids is 3. The molecule has 5 nitrogen and oxygen atoms in total. The molecule has 146 valence electrons. The van der Waals surface area contributed by atoms with Gasteiger partial charge in [-0.1, -0.05) is 54.1 Å². The minimum absolute atomic E-state index is 0.155. The highest BCUT2D eigenvalue weighted by atomic mass is 16.5. The molecular weight excluding hydrogens is 366 g/mol. The molecule has 29 heavy (non-hydrogen) atoms. The first-order chi connectivity index (χ1) is 14.0. The smallest absolute Gasteiger partial charge is 0.238 e. The summed E-state index contributed by atoms with van der Waals surface area (Å²) in [6.45, 7) is 1.80. The zero-order chi connectivity index (χ0) is 20.1. The molecule has 2 aromatic rings. The fraction of sp³-hybridized carbons (Fsp3) is 0.292. The fourth-order valence-corrected chi connectivity index (χ4v) is 4.87. The van der Waals surface area contributed by atoms with Crippen molar-refractivity contribution in [1.29, 1.82) is 0 Å². The lowest BCUT2D eigenvalue weighted by atomic mass is 9.85. The van der Waals surface area contributed by atoms with Crippen LogP contribution in [0.5, 0.6) is 5.75 Å². The summed E-state index contributed by atoms with van der Waals surface area (Å²) in [5.74, 6) is -0.312. The number of para-hydroxylation sites is 2. The summed E-state index contributed by atoms with van der Waals surface area (Å²) in [7, 11) is 0. The first kappa shape index (κ1) is 17.9. The Labute approximate surface area is 169 Å². The van der Waals surface area contributed by atoms with E-state index in [-0.39, 0.29) is 47.9 Å². The first-order valence-corrected chi connectivity index (χ1v) is 9.92. The average molecular weight is 387 g/mol. The maximum Gasteiger partial charge on any atom is 0.238 e. The van der Waals surface area contributed by atoms with Crippen molar-refractivity contribution >= 4 is 23.3 Å². The van der Waals surface area contributed by atoms with Gasteiger partial charge in [-0.3, -0.25) is 14.4 Å². The summed E-state index contributed by atoms with van der Waals surface area (Å²) < 4.78 is 5.77. The van der Waals surface area contributed by atoms with Crippen molar-refractivity contribution in [2.75, 3.05) is 11.5 Å². The van der Waals surface area contributed by atoms with Crippen LogP contribution >= 0.6 is 0 Å². The number of allylic oxidation sites excluding steroid dienone is 2. The lowest BCUT2D eigenvalue weighted by Crippen LogP contribution is -2.33. The third kappa shape index (κ3) is 2.80.